The van der Waals surface area contributed by atoms with Gasteiger partial charge in [-0.25, -0.2) is 0 Å². The highest BCUT2D eigenvalue weighted by Gasteiger charge is 2.28. The number of nitrogens with one attached hydrogen (secondary N) is 1. The molecule has 1 aliphatic heterocycles. The molecule has 1 fully saturated rings. The second kappa shape index (κ2) is 8.27. The van der Waals surface area contributed by atoms with Crippen LogP contribution in [0.4, 0.5) is 0 Å². The highest BCUT2D eigenvalue weighted by molar-refractivity contribution is 7.12. The van der Waals surface area contributed by atoms with E-state index in [-0.39, 0.29) is 11.8 Å². The lowest BCUT2D eigenvalue weighted by molar-refractivity contribution is -0.134. The van der Waals surface area contributed by atoms with Gasteiger partial charge in [-0.05, 0) is 24.1 Å². The Morgan fingerprint density at radius 1 is 1.08 bits per heavy atom. The van der Waals surface area contributed by atoms with Gasteiger partial charge in [0.1, 0.15) is 6.04 Å². The SMILES string of the molecule is CN1CCN(C(=O)[C@H](Cc2ccccc2)NC(=O)c2cccs2)CC1. The van der Waals surface area contributed by atoms with E-state index in [0.717, 1.165) is 18.7 Å². The number of hydrogen-bond acceptors (Lipinski definition) is 4. The van der Waals surface area contributed by atoms with Gasteiger partial charge in [0, 0.05) is 32.6 Å². The maximum atomic E-state index is 13.0. The second-order valence-corrected chi connectivity index (χ2v) is 7.27. The molecular formula is C19H23N3O2S. The van der Waals surface area contributed by atoms with Crippen molar-refractivity contribution >= 4 is 23.2 Å². The van der Waals surface area contributed by atoms with Crippen LogP contribution in [0.5, 0.6) is 0 Å². The lowest BCUT2D eigenvalue weighted by Crippen LogP contribution is -2.54. The molecule has 1 aliphatic rings. The Kier molecular flexibility index (Phi) is 5.83. The first kappa shape index (κ1) is 17.6. The van der Waals surface area contributed by atoms with E-state index in [2.05, 4.69) is 17.3 Å². The molecule has 2 amide bonds. The molecule has 0 radical (unpaired) electrons. The minimum atomic E-state index is -0.541. The van der Waals surface area contributed by atoms with Crippen molar-refractivity contribution in [2.24, 2.45) is 0 Å². The molecule has 2 aromatic rings. The van der Waals surface area contributed by atoms with E-state index >= 15 is 0 Å². The first-order chi connectivity index (χ1) is 12.1. The van der Waals surface area contributed by atoms with Gasteiger partial charge in [-0.15, -0.1) is 11.3 Å². The zero-order valence-corrected chi connectivity index (χ0v) is 15.2. The Hall–Kier alpha value is -2.18. The molecule has 132 valence electrons. The molecule has 0 spiro atoms. The fourth-order valence-electron chi connectivity index (χ4n) is 2.93. The van der Waals surface area contributed by atoms with Gasteiger partial charge in [-0.1, -0.05) is 36.4 Å². The van der Waals surface area contributed by atoms with Gasteiger partial charge in [0.2, 0.25) is 5.91 Å². The summed E-state index contributed by atoms with van der Waals surface area (Å²) in [6.45, 7) is 3.14. The number of amides is 2. The number of hydrogen-bond donors (Lipinski definition) is 1. The Labute approximate surface area is 152 Å². The van der Waals surface area contributed by atoms with Crippen molar-refractivity contribution in [2.45, 2.75) is 12.5 Å². The summed E-state index contributed by atoms with van der Waals surface area (Å²) in [6, 6.07) is 12.9. The minimum absolute atomic E-state index is 0.00172. The van der Waals surface area contributed by atoms with E-state index in [9.17, 15) is 9.59 Å². The van der Waals surface area contributed by atoms with Gasteiger partial charge >= 0.3 is 0 Å². The van der Waals surface area contributed by atoms with E-state index in [0.29, 0.717) is 24.4 Å². The predicted octanol–water partition coefficient (Wildman–Crippen LogP) is 1.86. The Morgan fingerprint density at radius 2 is 1.80 bits per heavy atom. The fraction of sp³-hybridized carbons (Fsp3) is 0.368. The van der Waals surface area contributed by atoms with Gasteiger partial charge in [0.15, 0.2) is 0 Å². The van der Waals surface area contributed by atoms with Gasteiger partial charge < -0.3 is 15.1 Å². The second-order valence-electron chi connectivity index (χ2n) is 6.32. The van der Waals surface area contributed by atoms with Gasteiger partial charge in [-0.2, -0.15) is 0 Å². The number of thiophene rings is 1. The van der Waals surface area contributed by atoms with Crippen molar-refractivity contribution < 1.29 is 9.59 Å². The first-order valence-electron chi connectivity index (χ1n) is 8.49. The van der Waals surface area contributed by atoms with Gasteiger partial charge in [-0.3, -0.25) is 9.59 Å². The zero-order valence-electron chi connectivity index (χ0n) is 14.4. The molecule has 1 N–H and O–H groups in total. The molecule has 3 rings (SSSR count). The summed E-state index contributed by atoms with van der Waals surface area (Å²) < 4.78 is 0. The Bertz CT molecular complexity index is 695. The molecule has 2 heterocycles. The van der Waals surface area contributed by atoms with Crippen LogP contribution in [0.2, 0.25) is 0 Å². The summed E-state index contributed by atoms with van der Waals surface area (Å²) in [4.78, 5) is 30.2. The highest BCUT2D eigenvalue weighted by atomic mass is 32.1. The maximum absolute atomic E-state index is 13.0. The summed E-state index contributed by atoms with van der Waals surface area (Å²) in [6.07, 6.45) is 0.503. The van der Waals surface area contributed by atoms with E-state index in [1.165, 1.54) is 11.3 Å². The third-order valence-corrected chi connectivity index (χ3v) is 5.31. The lowest BCUT2D eigenvalue weighted by Gasteiger charge is -2.34. The van der Waals surface area contributed by atoms with Crippen LogP contribution in [-0.2, 0) is 11.2 Å². The van der Waals surface area contributed by atoms with E-state index < -0.39 is 6.04 Å². The lowest BCUT2D eigenvalue weighted by atomic mass is 10.0. The summed E-state index contributed by atoms with van der Waals surface area (Å²) in [5.74, 6) is -0.180. The highest BCUT2D eigenvalue weighted by Crippen LogP contribution is 2.12. The van der Waals surface area contributed by atoms with Crippen LogP contribution in [0.15, 0.2) is 47.8 Å². The standard InChI is InChI=1S/C19H23N3O2S/c1-21-9-11-22(12-10-21)19(24)16(14-15-6-3-2-4-7-15)20-18(23)17-8-5-13-25-17/h2-8,13,16H,9-12,14H2,1H3,(H,20,23)/t16-/m0/s1. The fourth-order valence-corrected chi connectivity index (χ4v) is 3.56. The predicted molar refractivity (Wildman–Crippen MR) is 99.8 cm³/mol. The van der Waals surface area contributed by atoms with E-state index in [1.807, 2.05) is 46.7 Å². The van der Waals surface area contributed by atoms with Crippen molar-refractivity contribution in [1.29, 1.82) is 0 Å². The number of rotatable bonds is 5. The van der Waals surface area contributed by atoms with Crippen LogP contribution in [-0.4, -0.2) is 60.9 Å². The van der Waals surface area contributed by atoms with Crippen LogP contribution in [0.1, 0.15) is 15.2 Å². The third kappa shape index (κ3) is 4.67. The third-order valence-electron chi connectivity index (χ3n) is 4.45. The van der Waals surface area contributed by atoms with Crippen LogP contribution < -0.4 is 5.32 Å². The number of nitrogens with zero attached hydrogens (tertiary/aromatic N) is 2. The quantitative estimate of drug-likeness (QED) is 0.889. The molecule has 6 heteroatoms. The number of carbonyl (C=O) groups is 2. The topological polar surface area (TPSA) is 52.6 Å². The normalized spacial score (nSPS) is 16.4. The molecule has 0 unspecified atom stereocenters. The van der Waals surface area contributed by atoms with E-state index in [1.54, 1.807) is 6.07 Å². The average molecular weight is 357 g/mol. The largest absolute Gasteiger partial charge is 0.339 e. The molecule has 1 aromatic heterocycles. The van der Waals surface area contributed by atoms with Crippen LogP contribution in [0.3, 0.4) is 0 Å². The van der Waals surface area contributed by atoms with Gasteiger partial charge in [0.25, 0.3) is 5.91 Å². The molecule has 0 aliphatic carbocycles. The van der Waals surface area contributed by atoms with E-state index in [4.69, 9.17) is 0 Å². The van der Waals surface area contributed by atoms with Crippen molar-refractivity contribution in [1.82, 2.24) is 15.1 Å². The maximum Gasteiger partial charge on any atom is 0.262 e. The smallest absolute Gasteiger partial charge is 0.262 e. The summed E-state index contributed by atoms with van der Waals surface area (Å²) >= 11 is 1.38. The van der Waals surface area contributed by atoms with Crippen LogP contribution in [0, 0.1) is 0 Å². The monoisotopic (exact) mass is 357 g/mol. The molecule has 5 nitrogen and oxygen atoms in total. The molecule has 1 saturated heterocycles. The molecule has 0 bridgehead atoms. The summed E-state index contributed by atoms with van der Waals surface area (Å²) in [5, 5.41) is 4.81. The number of carbonyl (C=O) groups excluding carboxylic acids is 2. The molecular weight excluding hydrogens is 334 g/mol. The zero-order chi connectivity index (χ0) is 17.6. The number of benzene rings is 1. The summed E-state index contributed by atoms with van der Waals surface area (Å²) in [7, 11) is 2.06. The van der Waals surface area contributed by atoms with Crippen molar-refractivity contribution in [3.63, 3.8) is 0 Å². The Balaban J connectivity index is 1.73. The van der Waals surface area contributed by atoms with Gasteiger partial charge in [0.05, 0.1) is 4.88 Å². The first-order valence-corrected chi connectivity index (χ1v) is 9.37. The number of likely N-dealkylation sites (N-methyl/N-ethyl adjacent to an activating group) is 1. The molecule has 1 atom stereocenters. The number of piperazine rings is 1. The Morgan fingerprint density at radius 3 is 2.44 bits per heavy atom. The molecule has 25 heavy (non-hydrogen) atoms. The molecule has 1 aromatic carbocycles. The summed E-state index contributed by atoms with van der Waals surface area (Å²) in [5.41, 5.74) is 1.04. The van der Waals surface area contributed by atoms with Crippen molar-refractivity contribution in [3.05, 3.63) is 58.3 Å². The van der Waals surface area contributed by atoms with Crippen molar-refractivity contribution in [3.8, 4) is 0 Å². The van der Waals surface area contributed by atoms with Crippen LogP contribution in [0.25, 0.3) is 0 Å². The average Bonchev–Trinajstić information content (AvgIpc) is 3.17. The van der Waals surface area contributed by atoms with Crippen molar-refractivity contribution in [2.75, 3.05) is 33.2 Å². The van der Waals surface area contributed by atoms with Crippen LogP contribution >= 0.6 is 11.3 Å². The molecule has 0 saturated carbocycles. The minimum Gasteiger partial charge on any atom is -0.339 e.